The van der Waals surface area contributed by atoms with Crippen molar-refractivity contribution in [3.63, 3.8) is 0 Å². The Morgan fingerprint density at radius 1 is 1.12 bits per heavy atom. The largest absolute Gasteiger partial charge is 0.382 e. The molecule has 1 unspecified atom stereocenters. The number of piperidine rings is 3. The molecule has 0 amide bonds. The van der Waals surface area contributed by atoms with Crippen molar-refractivity contribution in [1.29, 1.82) is 0 Å². The SMILES string of the molecule is C=C[C@H]1CN2CC[C@H]1C[C@@H]2[C@H](O[C@H](COC)c1ccccc1)c1ccnc2ccccc12. The summed E-state index contributed by atoms with van der Waals surface area (Å²) in [7, 11) is 1.75. The van der Waals surface area contributed by atoms with Gasteiger partial charge in [-0.1, -0.05) is 54.6 Å². The lowest BCUT2D eigenvalue weighted by Gasteiger charge is -2.51. The Labute approximate surface area is 190 Å². The minimum Gasteiger partial charge on any atom is -0.382 e. The molecule has 1 aromatic heterocycles. The molecule has 6 rings (SSSR count). The van der Waals surface area contributed by atoms with Crippen LogP contribution in [0, 0.1) is 11.8 Å². The Morgan fingerprint density at radius 2 is 1.94 bits per heavy atom. The molecule has 3 aromatic rings. The third kappa shape index (κ3) is 4.11. The third-order valence-corrected chi connectivity index (χ3v) is 7.29. The molecule has 0 N–H and O–H groups in total. The van der Waals surface area contributed by atoms with Crippen molar-refractivity contribution < 1.29 is 9.47 Å². The van der Waals surface area contributed by atoms with Crippen molar-refractivity contribution in [2.75, 3.05) is 26.8 Å². The van der Waals surface area contributed by atoms with Gasteiger partial charge in [0.15, 0.2) is 0 Å². The van der Waals surface area contributed by atoms with Crippen molar-refractivity contribution in [3.8, 4) is 0 Å². The van der Waals surface area contributed by atoms with Crippen LogP contribution in [-0.2, 0) is 9.47 Å². The molecule has 2 bridgehead atoms. The van der Waals surface area contributed by atoms with E-state index in [1.807, 2.05) is 18.3 Å². The molecule has 4 heterocycles. The third-order valence-electron chi connectivity index (χ3n) is 7.29. The van der Waals surface area contributed by atoms with Gasteiger partial charge in [-0.3, -0.25) is 9.88 Å². The van der Waals surface area contributed by atoms with Gasteiger partial charge in [-0.15, -0.1) is 6.58 Å². The Hall–Kier alpha value is -2.53. The van der Waals surface area contributed by atoms with Crippen LogP contribution in [0.3, 0.4) is 0 Å². The maximum absolute atomic E-state index is 7.01. The van der Waals surface area contributed by atoms with E-state index in [-0.39, 0.29) is 12.2 Å². The maximum atomic E-state index is 7.01. The lowest BCUT2D eigenvalue weighted by atomic mass is 9.73. The zero-order valence-corrected chi connectivity index (χ0v) is 18.8. The molecule has 4 heteroatoms. The van der Waals surface area contributed by atoms with Crippen LogP contribution >= 0.6 is 0 Å². The van der Waals surface area contributed by atoms with Gasteiger partial charge in [0.05, 0.1) is 18.2 Å². The summed E-state index contributed by atoms with van der Waals surface area (Å²) < 4.78 is 12.6. The van der Waals surface area contributed by atoms with Crippen LogP contribution in [0.5, 0.6) is 0 Å². The second-order valence-electron chi connectivity index (χ2n) is 9.07. The smallest absolute Gasteiger partial charge is 0.107 e. The molecule has 2 aromatic carbocycles. The molecule has 0 radical (unpaired) electrons. The molecule has 6 atom stereocenters. The van der Waals surface area contributed by atoms with E-state index in [1.165, 1.54) is 17.4 Å². The molecule has 3 aliphatic rings. The monoisotopic (exact) mass is 428 g/mol. The maximum Gasteiger partial charge on any atom is 0.107 e. The summed E-state index contributed by atoms with van der Waals surface area (Å²) in [6.07, 6.45) is 6.27. The second-order valence-corrected chi connectivity index (χ2v) is 9.07. The lowest BCUT2D eigenvalue weighted by molar-refractivity contribution is -0.116. The zero-order chi connectivity index (χ0) is 21.9. The summed E-state index contributed by atoms with van der Waals surface area (Å²) in [5.74, 6) is 1.26. The van der Waals surface area contributed by atoms with E-state index in [0.717, 1.165) is 30.6 Å². The number of rotatable bonds is 8. The van der Waals surface area contributed by atoms with Gasteiger partial charge < -0.3 is 9.47 Å². The molecule has 0 saturated carbocycles. The number of pyridine rings is 1. The highest BCUT2D eigenvalue weighted by Gasteiger charge is 2.44. The van der Waals surface area contributed by atoms with Crippen LogP contribution in [0.4, 0.5) is 0 Å². The standard InChI is InChI=1S/C28H32N2O2/c1-3-20-18-30-16-14-22(20)17-26(30)28(24-13-15-29-25-12-8-7-11-23(24)25)32-27(19-31-2)21-9-5-4-6-10-21/h3-13,15,20,22,26-28H,1,14,16-19H2,2H3/t20-,22-,26+,27+,28+/m0/s1. The van der Waals surface area contributed by atoms with Crippen molar-refractivity contribution in [3.05, 3.63) is 90.6 Å². The van der Waals surface area contributed by atoms with E-state index in [2.05, 4.69) is 71.1 Å². The number of methoxy groups -OCH3 is 1. The normalized spacial score (nSPS) is 26.7. The second kappa shape index (κ2) is 9.53. The number of aromatic nitrogens is 1. The summed E-state index contributed by atoms with van der Waals surface area (Å²) in [6.45, 7) is 6.82. The number of benzene rings is 2. The summed E-state index contributed by atoms with van der Waals surface area (Å²) in [4.78, 5) is 7.24. The number of nitrogens with zero attached hydrogens (tertiary/aromatic N) is 2. The quantitative estimate of drug-likeness (QED) is 0.439. The van der Waals surface area contributed by atoms with Gasteiger partial charge in [0.25, 0.3) is 0 Å². The fourth-order valence-corrected chi connectivity index (χ4v) is 5.64. The van der Waals surface area contributed by atoms with Crippen LogP contribution in [-0.4, -0.2) is 42.7 Å². The first-order valence-corrected chi connectivity index (χ1v) is 11.7. The van der Waals surface area contributed by atoms with Crippen LogP contribution < -0.4 is 0 Å². The van der Waals surface area contributed by atoms with Crippen molar-refractivity contribution in [2.45, 2.75) is 31.1 Å². The molecule has 32 heavy (non-hydrogen) atoms. The van der Waals surface area contributed by atoms with Gasteiger partial charge in [-0.25, -0.2) is 0 Å². The average Bonchev–Trinajstić information content (AvgIpc) is 2.87. The van der Waals surface area contributed by atoms with E-state index < -0.39 is 0 Å². The Kier molecular flexibility index (Phi) is 6.35. The fraction of sp³-hybridized carbons (Fsp3) is 0.393. The van der Waals surface area contributed by atoms with E-state index >= 15 is 0 Å². The molecule has 3 aliphatic heterocycles. The van der Waals surface area contributed by atoms with Gasteiger partial charge >= 0.3 is 0 Å². The number of para-hydroxylation sites is 1. The van der Waals surface area contributed by atoms with Gasteiger partial charge in [0.1, 0.15) is 6.10 Å². The first-order chi connectivity index (χ1) is 15.8. The molecule has 166 valence electrons. The minimum absolute atomic E-state index is 0.0585. The Balaban J connectivity index is 1.55. The molecule has 3 saturated heterocycles. The van der Waals surface area contributed by atoms with Crippen LogP contribution in [0.15, 0.2) is 79.5 Å². The first kappa shape index (κ1) is 21.3. The van der Waals surface area contributed by atoms with Gasteiger partial charge in [0.2, 0.25) is 0 Å². The van der Waals surface area contributed by atoms with Crippen LogP contribution in [0.1, 0.15) is 36.2 Å². The molecule has 4 nitrogen and oxygen atoms in total. The summed E-state index contributed by atoms with van der Waals surface area (Å²) in [5, 5.41) is 1.17. The number of hydrogen-bond acceptors (Lipinski definition) is 4. The van der Waals surface area contributed by atoms with Gasteiger partial charge in [-0.05, 0) is 54.5 Å². The zero-order valence-electron chi connectivity index (χ0n) is 18.8. The first-order valence-electron chi connectivity index (χ1n) is 11.7. The van der Waals surface area contributed by atoms with Crippen LogP contribution in [0.2, 0.25) is 0 Å². The summed E-state index contributed by atoms with van der Waals surface area (Å²) in [5.41, 5.74) is 3.39. The highest BCUT2D eigenvalue weighted by Crippen LogP contribution is 2.44. The number of ether oxygens (including phenoxy) is 2. The van der Waals surface area contributed by atoms with Crippen molar-refractivity contribution >= 4 is 10.9 Å². The Morgan fingerprint density at radius 3 is 2.69 bits per heavy atom. The van der Waals surface area contributed by atoms with E-state index in [4.69, 9.17) is 9.47 Å². The number of fused-ring (bicyclic) bond motifs is 4. The van der Waals surface area contributed by atoms with Crippen LogP contribution in [0.25, 0.3) is 10.9 Å². The van der Waals surface area contributed by atoms with Gasteiger partial charge in [-0.2, -0.15) is 0 Å². The predicted octanol–water partition coefficient (Wildman–Crippen LogP) is 5.58. The summed E-state index contributed by atoms with van der Waals surface area (Å²) in [6, 6.07) is 21.3. The Bertz CT molecular complexity index is 1050. The van der Waals surface area contributed by atoms with E-state index in [0.29, 0.717) is 24.5 Å². The van der Waals surface area contributed by atoms with E-state index in [9.17, 15) is 0 Å². The summed E-state index contributed by atoms with van der Waals surface area (Å²) >= 11 is 0. The average molecular weight is 429 g/mol. The fourth-order valence-electron chi connectivity index (χ4n) is 5.64. The lowest BCUT2D eigenvalue weighted by Crippen LogP contribution is -2.55. The molecular formula is C28H32N2O2. The van der Waals surface area contributed by atoms with Crippen molar-refractivity contribution in [2.24, 2.45) is 11.8 Å². The molecule has 0 aliphatic carbocycles. The highest BCUT2D eigenvalue weighted by atomic mass is 16.5. The van der Waals surface area contributed by atoms with Gasteiger partial charge in [0, 0.05) is 31.3 Å². The topological polar surface area (TPSA) is 34.6 Å². The minimum atomic E-state index is -0.130. The number of hydrogen-bond donors (Lipinski definition) is 0. The highest BCUT2D eigenvalue weighted by molar-refractivity contribution is 5.82. The predicted molar refractivity (Wildman–Crippen MR) is 128 cm³/mol. The molecule has 0 spiro atoms. The molecular weight excluding hydrogens is 396 g/mol. The van der Waals surface area contributed by atoms with E-state index in [1.54, 1.807) is 7.11 Å². The van der Waals surface area contributed by atoms with Crippen molar-refractivity contribution in [1.82, 2.24) is 9.88 Å². The molecule has 3 fully saturated rings.